The van der Waals surface area contributed by atoms with Crippen molar-refractivity contribution in [2.24, 2.45) is 0 Å². The number of hydrogen-bond donors (Lipinski definition) is 0. The van der Waals surface area contributed by atoms with E-state index in [4.69, 9.17) is 14.2 Å². The summed E-state index contributed by atoms with van der Waals surface area (Å²) in [6.45, 7) is 6.48. The maximum absolute atomic E-state index is 12.8. The number of allylic oxidation sites excluding steroid dienone is 12. The summed E-state index contributed by atoms with van der Waals surface area (Å²) in [6, 6.07) is 0. The molecule has 0 aromatic heterocycles. The molecular formula is C63H110O6. The molecule has 0 aliphatic carbocycles. The molecule has 6 heteroatoms. The first kappa shape index (κ1) is 65.8. The van der Waals surface area contributed by atoms with E-state index < -0.39 is 6.10 Å². The molecule has 0 spiro atoms. The lowest BCUT2D eigenvalue weighted by atomic mass is 10.0. The number of carbonyl (C=O) groups excluding carboxylic acids is 3. The molecule has 0 rings (SSSR count). The Bertz CT molecular complexity index is 1290. The van der Waals surface area contributed by atoms with Crippen LogP contribution >= 0.6 is 0 Å². The second-order valence-electron chi connectivity index (χ2n) is 19.5. The first-order chi connectivity index (χ1) is 34.0. The predicted molar refractivity (Wildman–Crippen MR) is 298 cm³/mol. The van der Waals surface area contributed by atoms with Crippen molar-refractivity contribution in [1.82, 2.24) is 0 Å². The van der Waals surface area contributed by atoms with E-state index >= 15 is 0 Å². The normalized spacial score (nSPS) is 12.6. The van der Waals surface area contributed by atoms with Gasteiger partial charge in [-0.05, 0) is 103 Å². The summed E-state index contributed by atoms with van der Waals surface area (Å²) in [5.41, 5.74) is 0. The van der Waals surface area contributed by atoms with Crippen molar-refractivity contribution in [2.45, 2.75) is 297 Å². The molecule has 1 atom stereocenters. The predicted octanol–water partition coefficient (Wildman–Crippen LogP) is 19.8. The van der Waals surface area contributed by atoms with Crippen LogP contribution in [0, 0.1) is 0 Å². The van der Waals surface area contributed by atoms with Crippen LogP contribution in [0.5, 0.6) is 0 Å². The topological polar surface area (TPSA) is 78.9 Å². The van der Waals surface area contributed by atoms with Gasteiger partial charge in [0.1, 0.15) is 13.2 Å². The van der Waals surface area contributed by atoms with Crippen molar-refractivity contribution in [3.05, 3.63) is 72.9 Å². The summed E-state index contributed by atoms with van der Waals surface area (Å²) >= 11 is 0. The lowest BCUT2D eigenvalue weighted by Gasteiger charge is -2.18. The van der Waals surface area contributed by atoms with E-state index in [0.29, 0.717) is 19.3 Å². The Hall–Kier alpha value is -3.15. The van der Waals surface area contributed by atoms with Crippen molar-refractivity contribution in [2.75, 3.05) is 13.2 Å². The third kappa shape index (κ3) is 55.6. The molecule has 0 heterocycles. The number of carbonyl (C=O) groups is 3. The zero-order chi connectivity index (χ0) is 50.0. The van der Waals surface area contributed by atoms with Gasteiger partial charge in [-0.3, -0.25) is 14.4 Å². The van der Waals surface area contributed by atoms with Gasteiger partial charge in [-0.15, -0.1) is 0 Å². The van der Waals surface area contributed by atoms with E-state index in [2.05, 4.69) is 93.7 Å². The SMILES string of the molecule is CC/C=C\C/C=C\C/C=C\CCCCCCCCCC(=O)OC(COC(=O)CCCCCCC/C=C\CCCC)COC(=O)CCCCCCCCCCCCC/C=C\C/C=C\CCCCCCC. The number of hydrogen-bond acceptors (Lipinski definition) is 6. The minimum atomic E-state index is -0.785. The Balaban J connectivity index is 4.30. The molecule has 398 valence electrons. The lowest BCUT2D eigenvalue weighted by molar-refractivity contribution is -0.167. The van der Waals surface area contributed by atoms with Gasteiger partial charge in [0.15, 0.2) is 6.10 Å². The van der Waals surface area contributed by atoms with Crippen molar-refractivity contribution in [3.8, 4) is 0 Å². The second-order valence-corrected chi connectivity index (χ2v) is 19.5. The molecule has 0 fully saturated rings. The molecule has 0 N–H and O–H groups in total. The van der Waals surface area contributed by atoms with Crippen LogP contribution in [0.2, 0.25) is 0 Å². The summed E-state index contributed by atoms with van der Waals surface area (Å²) in [7, 11) is 0. The average molecular weight is 964 g/mol. The Labute approximate surface area is 427 Å². The van der Waals surface area contributed by atoms with Gasteiger partial charge < -0.3 is 14.2 Å². The zero-order valence-electron chi connectivity index (χ0n) is 45.6. The summed E-state index contributed by atoms with van der Waals surface area (Å²) in [5.74, 6) is -0.896. The van der Waals surface area contributed by atoms with Crippen LogP contribution in [0.25, 0.3) is 0 Å². The van der Waals surface area contributed by atoms with Gasteiger partial charge in [0, 0.05) is 19.3 Å². The van der Waals surface area contributed by atoms with Crippen LogP contribution in [-0.2, 0) is 28.6 Å². The van der Waals surface area contributed by atoms with Crippen LogP contribution in [0.3, 0.4) is 0 Å². The largest absolute Gasteiger partial charge is 0.462 e. The van der Waals surface area contributed by atoms with E-state index in [0.717, 1.165) is 96.3 Å². The molecule has 0 aromatic carbocycles. The minimum Gasteiger partial charge on any atom is -0.462 e. The molecule has 6 nitrogen and oxygen atoms in total. The van der Waals surface area contributed by atoms with E-state index in [9.17, 15) is 14.4 Å². The molecule has 0 saturated heterocycles. The summed E-state index contributed by atoms with van der Waals surface area (Å²) in [5, 5.41) is 0. The van der Waals surface area contributed by atoms with E-state index in [1.54, 1.807) is 0 Å². The third-order valence-electron chi connectivity index (χ3n) is 12.7. The molecule has 0 aliphatic heterocycles. The number of ether oxygens (including phenoxy) is 3. The fourth-order valence-corrected chi connectivity index (χ4v) is 8.23. The van der Waals surface area contributed by atoms with Crippen LogP contribution in [0.4, 0.5) is 0 Å². The molecule has 0 radical (unpaired) electrons. The van der Waals surface area contributed by atoms with Crippen molar-refractivity contribution in [1.29, 1.82) is 0 Å². The van der Waals surface area contributed by atoms with Crippen LogP contribution in [-0.4, -0.2) is 37.2 Å². The fourth-order valence-electron chi connectivity index (χ4n) is 8.23. The maximum Gasteiger partial charge on any atom is 0.306 e. The minimum absolute atomic E-state index is 0.0824. The highest BCUT2D eigenvalue weighted by Crippen LogP contribution is 2.16. The molecule has 1 unspecified atom stereocenters. The van der Waals surface area contributed by atoms with Crippen LogP contribution < -0.4 is 0 Å². The number of rotatable bonds is 53. The molecule has 0 aromatic rings. The third-order valence-corrected chi connectivity index (χ3v) is 12.7. The van der Waals surface area contributed by atoms with Gasteiger partial charge in [-0.25, -0.2) is 0 Å². The Morgan fingerprint density at radius 1 is 0.304 bits per heavy atom. The summed E-state index contributed by atoms with van der Waals surface area (Å²) < 4.78 is 16.8. The van der Waals surface area contributed by atoms with Crippen molar-refractivity contribution < 1.29 is 28.6 Å². The molecular weight excluding hydrogens is 853 g/mol. The lowest BCUT2D eigenvalue weighted by Crippen LogP contribution is -2.30. The average Bonchev–Trinajstić information content (AvgIpc) is 3.35. The highest BCUT2D eigenvalue weighted by molar-refractivity contribution is 5.71. The van der Waals surface area contributed by atoms with Gasteiger partial charge in [-0.1, -0.05) is 241 Å². The van der Waals surface area contributed by atoms with Crippen LogP contribution in [0.1, 0.15) is 290 Å². The monoisotopic (exact) mass is 963 g/mol. The summed E-state index contributed by atoms with van der Waals surface area (Å²) in [4.78, 5) is 38.1. The van der Waals surface area contributed by atoms with Gasteiger partial charge in [0.05, 0.1) is 0 Å². The molecule has 0 saturated carbocycles. The Morgan fingerprint density at radius 2 is 0.580 bits per heavy atom. The Morgan fingerprint density at radius 3 is 0.942 bits per heavy atom. The molecule has 69 heavy (non-hydrogen) atoms. The van der Waals surface area contributed by atoms with Crippen LogP contribution in [0.15, 0.2) is 72.9 Å². The molecule has 0 aliphatic rings. The fraction of sp³-hybridized carbons (Fsp3) is 0.762. The first-order valence-electron chi connectivity index (χ1n) is 29.4. The first-order valence-corrected chi connectivity index (χ1v) is 29.4. The van der Waals surface area contributed by atoms with Crippen molar-refractivity contribution >= 4 is 17.9 Å². The smallest absolute Gasteiger partial charge is 0.306 e. The second kappa shape index (κ2) is 57.4. The Kier molecular flexibility index (Phi) is 54.8. The van der Waals surface area contributed by atoms with E-state index in [1.165, 1.54) is 154 Å². The van der Waals surface area contributed by atoms with Gasteiger partial charge in [0.2, 0.25) is 0 Å². The van der Waals surface area contributed by atoms with Crippen molar-refractivity contribution in [3.63, 3.8) is 0 Å². The highest BCUT2D eigenvalue weighted by Gasteiger charge is 2.19. The standard InChI is InChI=1S/C63H110O6/c1-4-7-10-13-16-19-22-24-26-28-29-30-31-32-33-35-36-38-41-44-47-50-53-56-62(65)68-59-60(58-67-61(64)55-52-49-46-43-40-21-18-15-12-9-6-3)69-63(66)57-54-51-48-45-42-39-37-34-27-25-23-20-17-14-11-8-5-2/h8,11,15,17-18,20,22,24-25,27-29,60H,4-7,9-10,12-14,16,19,21,23,26,30-59H2,1-3H3/b11-8-,18-15-,20-17-,24-22-,27-25-,29-28-. The zero-order valence-corrected chi connectivity index (χ0v) is 45.6. The van der Waals surface area contributed by atoms with Gasteiger partial charge >= 0.3 is 17.9 Å². The molecule has 0 bridgehead atoms. The number of unbranched alkanes of at least 4 members (excludes halogenated alkanes) is 30. The number of esters is 3. The van der Waals surface area contributed by atoms with E-state index in [1.807, 2.05) is 0 Å². The van der Waals surface area contributed by atoms with E-state index in [-0.39, 0.29) is 31.1 Å². The quantitative estimate of drug-likeness (QED) is 0.0262. The summed E-state index contributed by atoms with van der Waals surface area (Å²) in [6.07, 6.45) is 73.3. The maximum atomic E-state index is 12.8. The highest BCUT2D eigenvalue weighted by atomic mass is 16.6. The van der Waals surface area contributed by atoms with Gasteiger partial charge in [0.25, 0.3) is 0 Å². The molecule has 0 amide bonds. The van der Waals surface area contributed by atoms with Gasteiger partial charge in [-0.2, -0.15) is 0 Å².